The molecule has 142 valence electrons. The highest BCUT2D eigenvalue weighted by molar-refractivity contribution is 5.87. The van der Waals surface area contributed by atoms with Gasteiger partial charge in [-0.25, -0.2) is 9.97 Å². The van der Waals surface area contributed by atoms with Gasteiger partial charge in [-0.05, 0) is 36.8 Å². The molecular formula is C22H22N4O2. The first-order chi connectivity index (χ1) is 13.5. The molecule has 2 N–H and O–H groups in total. The standard InChI is InChI=1S/C22H22N4O2/c1-15-5-4-6-18(11-15)12-16(2)25-19-7-9-20(10-8-19)28-22-13-21(23-14-24-22)26-17(3)27/h4-11,13-14,25H,2,12H2,1,3H3,(H,23,24,26,27). The summed E-state index contributed by atoms with van der Waals surface area (Å²) >= 11 is 0. The van der Waals surface area contributed by atoms with Gasteiger partial charge in [-0.1, -0.05) is 36.4 Å². The van der Waals surface area contributed by atoms with E-state index in [-0.39, 0.29) is 5.91 Å². The molecule has 0 atom stereocenters. The van der Waals surface area contributed by atoms with Crippen molar-refractivity contribution in [3.05, 3.63) is 84.3 Å². The van der Waals surface area contributed by atoms with Gasteiger partial charge in [-0.3, -0.25) is 4.79 Å². The van der Waals surface area contributed by atoms with E-state index in [2.05, 4.69) is 58.4 Å². The molecule has 1 aromatic heterocycles. The van der Waals surface area contributed by atoms with E-state index in [1.165, 1.54) is 24.4 Å². The van der Waals surface area contributed by atoms with Crippen LogP contribution in [-0.4, -0.2) is 15.9 Å². The number of ether oxygens (including phenoxy) is 1. The van der Waals surface area contributed by atoms with Crippen molar-refractivity contribution in [1.29, 1.82) is 0 Å². The largest absolute Gasteiger partial charge is 0.439 e. The molecule has 0 saturated carbocycles. The zero-order valence-electron chi connectivity index (χ0n) is 15.9. The number of aryl methyl sites for hydroxylation is 1. The van der Waals surface area contributed by atoms with E-state index < -0.39 is 0 Å². The Kier molecular flexibility index (Phi) is 6.01. The van der Waals surface area contributed by atoms with Crippen LogP contribution >= 0.6 is 0 Å². The second kappa shape index (κ2) is 8.81. The predicted molar refractivity (Wildman–Crippen MR) is 110 cm³/mol. The van der Waals surface area contributed by atoms with Crippen LogP contribution in [-0.2, 0) is 11.2 Å². The van der Waals surface area contributed by atoms with Crippen molar-refractivity contribution in [2.24, 2.45) is 0 Å². The number of carbonyl (C=O) groups excluding carboxylic acids is 1. The molecule has 2 aromatic carbocycles. The Balaban J connectivity index is 1.59. The van der Waals surface area contributed by atoms with Gasteiger partial charge < -0.3 is 15.4 Å². The van der Waals surface area contributed by atoms with E-state index in [4.69, 9.17) is 4.74 Å². The third-order valence-electron chi connectivity index (χ3n) is 3.84. The summed E-state index contributed by atoms with van der Waals surface area (Å²) in [6, 6.07) is 17.4. The number of rotatable bonds is 7. The summed E-state index contributed by atoms with van der Waals surface area (Å²) in [5.74, 6) is 1.17. The molecule has 6 heteroatoms. The Morgan fingerprint density at radius 1 is 1.07 bits per heavy atom. The van der Waals surface area contributed by atoms with Gasteiger partial charge in [0, 0.05) is 30.8 Å². The normalized spacial score (nSPS) is 10.2. The van der Waals surface area contributed by atoms with E-state index in [9.17, 15) is 4.79 Å². The van der Waals surface area contributed by atoms with Crippen molar-refractivity contribution in [1.82, 2.24) is 9.97 Å². The van der Waals surface area contributed by atoms with Crippen LogP contribution in [0.4, 0.5) is 11.5 Å². The fourth-order valence-corrected chi connectivity index (χ4v) is 2.69. The van der Waals surface area contributed by atoms with Gasteiger partial charge in [0.05, 0.1) is 0 Å². The minimum Gasteiger partial charge on any atom is -0.439 e. The Morgan fingerprint density at radius 2 is 1.86 bits per heavy atom. The molecule has 0 aliphatic rings. The maximum absolute atomic E-state index is 11.1. The number of carbonyl (C=O) groups is 1. The molecular weight excluding hydrogens is 352 g/mol. The number of anilines is 2. The van der Waals surface area contributed by atoms with Crippen LogP contribution in [0.1, 0.15) is 18.1 Å². The highest BCUT2D eigenvalue weighted by Gasteiger charge is 2.04. The number of nitrogens with zero attached hydrogens (tertiary/aromatic N) is 2. The van der Waals surface area contributed by atoms with Gasteiger partial charge in [0.25, 0.3) is 0 Å². The first-order valence-electron chi connectivity index (χ1n) is 8.86. The fraction of sp³-hybridized carbons (Fsp3) is 0.136. The first-order valence-corrected chi connectivity index (χ1v) is 8.86. The highest BCUT2D eigenvalue weighted by atomic mass is 16.5. The van der Waals surface area contributed by atoms with E-state index >= 15 is 0 Å². The lowest BCUT2D eigenvalue weighted by atomic mass is 10.1. The number of hydrogen-bond donors (Lipinski definition) is 2. The zero-order valence-corrected chi connectivity index (χ0v) is 15.9. The summed E-state index contributed by atoms with van der Waals surface area (Å²) in [5.41, 5.74) is 4.29. The molecule has 3 rings (SSSR count). The summed E-state index contributed by atoms with van der Waals surface area (Å²) in [6.07, 6.45) is 2.10. The molecule has 6 nitrogen and oxygen atoms in total. The summed E-state index contributed by atoms with van der Waals surface area (Å²) in [7, 11) is 0. The Morgan fingerprint density at radius 3 is 2.57 bits per heavy atom. The van der Waals surface area contributed by atoms with Crippen molar-refractivity contribution < 1.29 is 9.53 Å². The molecule has 1 heterocycles. The van der Waals surface area contributed by atoms with Crippen LogP contribution < -0.4 is 15.4 Å². The minimum atomic E-state index is -0.203. The van der Waals surface area contributed by atoms with Crippen molar-refractivity contribution in [3.8, 4) is 11.6 Å². The molecule has 0 bridgehead atoms. The second-order valence-electron chi connectivity index (χ2n) is 6.44. The van der Waals surface area contributed by atoms with E-state index in [1.54, 1.807) is 6.07 Å². The van der Waals surface area contributed by atoms with Crippen molar-refractivity contribution >= 4 is 17.4 Å². The maximum Gasteiger partial charge on any atom is 0.224 e. The predicted octanol–water partition coefficient (Wildman–Crippen LogP) is 4.70. The number of allylic oxidation sites excluding steroid dienone is 1. The van der Waals surface area contributed by atoms with Crippen LogP contribution in [0.3, 0.4) is 0 Å². The third-order valence-corrected chi connectivity index (χ3v) is 3.84. The zero-order chi connectivity index (χ0) is 19.9. The molecule has 1 amide bonds. The number of nitrogens with one attached hydrogen (secondary N) is 2. The van der Waals surface area contributed by atoms with Crippen molar-refractivity contribution in [2.45, 2.75) is 20.3 Å². The van der Waals surface area contributed by atoms with Gasteiger partial charge in [0.2, 0.25) is 11.8 Å². The molecule has 28 heavy (non-hydrogen) atoms. The van der Waals surface area contributed by atoms with E-state index in [0.717, 1.165) is 17.8 Å². The second-order valence-corrected chi connectivity index (χ2v) is 6.44. The Hall–Kier alpha value is -3.67. The fourth-order valence-electron chi connectivity index (χ4n) is 2.69. The Labute approximate surface area is 164 Å². The minimum absolute atomic E-state index is 0.203. The highest BCUT2D eigenvalue weighted by Crippen LogP contribution is 2.23. The molecule has 0 fully saturated rings. The smallest absolute Gasteiger partial charge is 0.224 e. The lowest BCUT2D eigenvalue weighted by Gasteiger charge is -2.11. The monoisotopic (exact) mass is 374 g/mol. The SMILES string of the molecule is C=C(Cc1cccc(C)c1)Nc1ccc(Oc2cc(NC(C)=O)ncn2)cc1. The summed E-state index contributed by atoms with van der Waals surface area (Å²) in [4.78, 5) is 19.1. The van der Waals surface area contributed by atoms with Crippen LogP contribution in [0, 0.1) is 6.92 Å². The maximum atomic E-state index is 11.1. The van der Waals surface area contributed by atoms with Crippen molar-refractivity contribution in [2.75, 3.05) is 10.6 Å². The van der Waals surface area contributed by atoms with Gasteiger partial charge in [-0.2, -0.15) is 0 Å². The van der Waals surface area contributed by atoms with Gasteiger partial charge >= 0.3 is 0 Å². The summed E-state index contributed by atoms with van der Waals surface area (Å²) in [5, 5.41) is 5.90. The van der Waals surface area contributed by atoms with Gasteiger partial charge in [0.15, 0.2) is 0 Å². The van der Waals surface area contributed by atoms with Crippen LogP contribution in [0.25, 0.3) is 0 Å². The number of amides is 1. The molecule has 0 saturated heterocycles. The average molecular weight is 374 g/mol. The molecule has 0 radical (unpaired) electrons. The Bertz CT molecular complexity index is 984. The average Bonchev–Trinajstić information content (AvgIpc) is 2.63. The van der Waals surface area contributed by atoms with Gasteiger partial charge in [0.1, 0.15) is 17.9 Å². The van der Waals surface area contributed by atoms with Crippen LogP contribution in [0.2, 0.25) is 0 Å². The lowest BCUT2D eigenvalue weighted by Crippen LogP contribution is -2.07. The third kappa shape index (κ3) is 5.67. The number of aromatic nitrogens is 2. The quantitative estimate of drug-likeness (QED) is 0.627. The topological polar surface area (TPSA) is 76.1 Å². The van der Waals surface area contributed by atoms with E-state index in [0.29, 0.717) is 17.4 Å². The lowest BCUT2D eigenvalue weighted by molar-refractivity contribution is -0.114. The number of hydrogen-bond acceptors (Lipinski definition) is 5. The first kappa shape index (κ1) is 19.1. The molecule has 0 spiro atoms. The molecule has 0 unspecified atom stereocenters. The summed E-state index contributed by atoms with van der Waals surface area (Å²) < 4.78 is 5.72. The van der Waals surface area contributed by atoms with E-state index in [1.807, 2.05) is 24.3 Å². The number of benzene rings is 2. The van der Waals surface area contributed by atoms with Gasteiger partial charge in [-0.15, -0.1) is 0 Å². The molecule has 0 aliphatic carbocycles. The van der Waals surface area contributed by atoms with Crippen molar-refractivity contribution in [3.63, 3.8) is 0 Å². The van der Waals surface area contributed by atoms with Crippen LogP contribution in [0.15, 0.2) is 73.2 Å². The molecule has 0 aliphatic heterocycles. The molecule has 3 aromatic rings. The van der Waals surface area contributed by atoms with Crippen LogP contribution in [0.5, 0.6) is 11.6 Å². The summed E-state index contributed by atoms with van der Waals surface area (Å²) in [6.45, 7) is 7.60.